The predicted molar refractivity (Wildman–Crippen MR) is 116 cm³/mol. The van der Waals surface area contributed by atoms with E-state index in [0.717, 1.165) is 5.56 Å². The molecule has 0 atom stereocenters. The lowest BCUT2D eigenvalue weighted by molar-refractivity contribution is -0.111. The average Bonchev–Trinajstić information content (AvgIpc) is 2.79. The second-order valence-corrected chi connectivity index (χ2v) is 6.18. The van der Waals surface area contributed by atoms with Crippen LogP contribution in [0.1, 0.15) is 15.9 Å². The Morgan fingerprint density at radius 1 is 0.933 bits per heavy atom. The van der Waals surface area contributed by atoms with E-state index in [-0.39, 0.29) is 11.8 Å². The van der Waals surface area contributed by atoms with Gasteiger partial charge in [-0.2, -0.15) is 0 Å². The van der Waals surface area contributed by atoms with Crippen LogP contribution in [0.25, 0.3) is 6.08 Å². The van der Waals surface area contributed by atoms with Crippen molar-refractivity contribution in [3.63, 3.8) is 0 Å². The standard InChI is InChI=1S/C23H21N3O4/c1-29-20-8-4-3-6-16(20)9-12-22(27)25-18-10-11-19(21(14-18)30-2)26-23(28)17-7-5-13-24-15-17/h3-15H,1-2H3,(H,25,27)(H,26,28)/b12-9+. The monoisotopic (exact) mass is 403 g/mol. The van der Waals surface area contributed by atoms with Crippen molar-refractivity contribution in [2.24, 2.45) is 0 Å². The number of ether oxygens (including phenoxy) is 2. The highest BCUT2D eigenvalue weighted by atomic mass is 16.5. The van der Waals surface area contributed by atoms with E-state index in [4.69, 9.17) is 9.47 Å². The Balaban J connectivity index is 1.69. The van der Waals surface area contributed by atoms with Crippen LogP contribution in [0.5, 0.6) is 11.5 Å². The molecule has 7 nitrogen and oxygen atoms in total. The fraction of sp³-hybridized carbons (Fsp3) is 0.0870. The number of nitrogens with one attached hydrogen (secondary N) is 2. The minimum atomic E-state index is -0.310. The Morgan fingerprint density at radius 3 is 2.47 bits per heavy atom. The van der Waals surface area contributed by atoms with Gasteiger partial charge in [0.1, 0.15) is 11.5 Å². The van der Waals surface area contributed by atoms with Gasteiger partial charge in [-0.1, -0.05) is 18.2 Å². The van der Waals surface area contributed by atoms with Crippen molar-refractivity contribution in [1.29, 1.82) is 0 Å². The number of nitrogens with zero attached hydrogens (tertiary/aromatic N) is 1. The van der Waals surface area contributed by atoms with E-state index >= 15 is 0 Å². The molecule has 0 aliphatic rings. The van der Waals surface area contributed by atoms with Crippen LogP contribution in [0.15, 0.2) is 73.1 Å². The van der Waals surface area contributed by atoms with Gasteiger partial charge < -0.3 is 20.1 Å². The van der Waals surface area contributed by atoms with Crippen LogP contribution in [0, 0.1) is 0 Å². The summed E-state index contributed by atoms with van der Waals surface area (Å²) in [6, 6.07) is 15.7. The third-order valence-corrected chi connectivity index (χ3v) is 4.19. The summed E-state index contributed by atoms with van der Waals surface area (Å²) >= 11 is 0. The van der Waals surface area contributed by atoms with Gasteiger partial charge in [-0.25, -0.2) is 0 Å². The number of hydrogen-bond acceptors (Lipinski definition) is 5. The Labute approximate surface area is 174 Å². The van der Waals surface area contributed by atoms with Crippen LogP contribution in [0.4, 0.5) is 11.4 Å². The number of methoxy groups -OCH3 is 2. The number of hydrogen-bond donors (Lipinski definition) is 2. The molecule has 0 saturated heterocycles. The third-order valence-electron chi connectivity index (χ3n) is 4.19. The molecule has 7 heteroatoms. The van der Waals surface area contributed by atoms with Crippen molar-refractivity contribution in [1.82, 2.24) is 4.98 Å². The minimum absolute atomic E-state index is 0.307. The number of carbonyl (C=O) groups is 2. The van der Waals surface area contributed by atoms with Crippen LogP contribution in [-0.2, 0) is 4.79 Å². The second kappa shape index (κ2) is 9.88. The molecule has 0 unspecified atom stereocenters. The largest absolute Gasteiger partial charge is 0.496 e. The third kappa shape index (κ3) is 5.23. The molecule has 0 fully saturated rings. The molecule has 0 aliphatic heterocycles. The van der Waals surface area contributed by atoms with Crippen molar-refractivity contribution in [3.8, 4) is 11.5 Å². The fourth-order valence-electron chi connectivity index (χ4n) is 2.72. The molecule has 1 aromatic heterocycles. The normalized spacial score (nSPS) is 10.5. The average molecular weight is 403 g/mol. The minimum Gasteiger partial charge on any atom is -0.496 e. The maximum absolute atomic E-state index is 12.3. The van der Waals surface area contributed by atoms with E-state index in [1.165, 1.54) is 19.4 Å². The van der Waals surface area contributed by atoms with Crippen LogP contribution < -0.4 is 20.1 Å². The molecule has 152 valence electrons. The highest BCUT2D eigenvalue weighted by Gasteiger charge is 2.11. The molecule has 0 saturated carbocycles. The van der Waals surface area contributed by atoms with Gasteiger partial charge in [0.05, 0.1) is 25.5 Å². The molecule has 0 radical (unpaired) electrons. The topological polar surface area (TPSA) is 89.6 Å². The van der Waals surface area contributed by atoms with Crippen molar-refractivity contribution >= 4 is 29.3 Å². The zero-order valence-electron chi connectivity index (χ0n) is 16.6. The van der Waals surface area contributed by atoms with Gasteiger partial charge in [-0.3, -0.25) is 14.6 Å². The van der Waals surface area contributed by atoms with Gasteiger partial charge in [0.25, 0.3) is 5.91 Å². The molecular weight excluding hydrogens is 382 g/mol. The fourth-order valence-corrected chi connectivity index (χ4v) is 2.72. The van der Waals surface area contributed by atoms with Gasteiger partial charge in [-0.05, 0) is 36.4 Å². The van der Waals surface area contributed by atoms with Crippen molar-refractivity contribution in [2.45, 2.75) is 0 Å². The number of rotatable bonds is 7. The second-order valence-electron chi connectivity index (χ2n) is 6.18. The molecule has 2 N–H and O–H groups in total. The molecular formula is C23H21N3O4. The quantitative estimate of drug-likeness (QED) is 0.582. The van der Waals surface area contributed by atoms with Crippen LogP contribution >= 0.6 is 0 Å². The smallest absolute Gasteiger partial charge is 0.257 e. The highest BCUT2D eigenvalue weighted by Crippen LogP contribution is 2.28. The number of anilines is 2. The first-order valence-corrected chi connectivity index (χ1v) is 9.12. The van der Waals surface area contributed by atoms with E-state index in [1.807, 2.05) is 24.3 Å². The number of benzene rings is 2. The maximum atomic E-state index is 12.3. The number of pyridine rings is 1. The molecule has 0 spiro atoms. The van der Waals surface area contributed by atoms with Gasteiger partial charge in [0, 0.05) is 35.8 Å². The van der Waals surface area contributed by atoms with Crippen LogP contribution in [0.3, 0.4) is 0 Å². The molecule has 0 aliphatic carbocycles. The van der Waals surface area contributed by atoms with Gasteiger partial charge in [0.15, 0.2) is 0 Å². The van der Waals surface area contributed by atoms with Gasteiger partial charge >= 0.3 is 0 Å². The lowest BCUT2D eigenvalue weighted by Gasteiger charge is -2.12. The Morgan fingerprint density at radius 2 is 1.73 bits per heavy atom. The molecule has 1 heterocycles. The highest BCUT2D eigenvalue weighted by molar-refractivity contribution is 6.05. The summed E-state index contributed by atoms with van der Waals surface area (Å²) in [6.45, 7) is 0. The molecule has 0 bridgehead atoms. The summed E-state index contributed by atoms with van der Waals surface area (Å²) in [5, 5.41) is 5.54. The SMILES string of the molecule is COc1ccccc1/C=C/C(=O)Nc1ccc(NC(=O)c2cccnc2)c(OC)c1. The van der Waals surface area contributed by atoms with Crippen LogP contribution in [0.2, 0.25) is 0 Å². The first-order chi connectivity index (χ1) is 14.6. The van der Waals surface area contributed by atoms with Crippen molar-refractivity contribution in [2.75, 3.05) is 24.9 Å². The van der Waals surface area contributed by atoms with E-state index in [9.17, 15) is 9.59 Å². The molecule has 30 heavy (non-hydrogen) atoms. The summed E-state index contributed by atoms with van der Waals surface area (Å²) in [6.07, 6.45) is 6.16. The number of amides is 2. The van der Waals surface area contributed by atoms with E-state index < -0.39 is 0 Å². The first kappa shape index (κ1) is 20.6. The summed E-state index contributed by atoms with van der Waals surface area (Å²) in [5.74, 6) is 0.476. The van der Waals surface area contributed by atoms with E-state index in [0.29, 0.717) is 28.4 Å². The van der Waals surface area contributed by atoms with Crippen molar-refractivity contribution in [3.05, 3.63) is 84.2 Å². The summed E-state index contributed by atoms with van der Waals surface area (Å²) in [7, 11) is 3.07. The zero-order valence-corrected chi connectivity index (χ0v) is 16.6. The lowest BCUT2D eigenvalue weighted by Crippen LogP contribution is -2.13. The molecule has 3 aromatic rings. The Kier molecular flexibility index (Phi) is 6.78. The summed E-state index contributed by atoms with van der Waals surface area (Å²) < 4.78 is 10.6. The molecule has 3 rings (SSSR count). The van der Waals surface area contributed by atoms with Gasteiger partial charge in [0.2, 0.25) is 5.91 Å². The maximum Gasteiger partial charge on any atom is 0.257 e. The molecule has 2 aromatic carbocycles. The zero-order chi connectivity index (χ0) is 21.3. The first-order valence-electron chi connectivity index (χ1n) is 9.12. The van der Waals surface area contributed by atoms with E-state index in [2.05, 4.69) is 15.6 Å². The number of para-hydroxylation sites is 1. The summed E-state index contributed by atoms with van der Waals surface area (Å²) in [5.41, 5.74) is 2.23. The summed E-state index contributed by atoms with van der Waals surface area (Å²) in [4.78, 5) is 28.5. The van der Waals surface area contributed by atoms with E-state index in [1.54, 1.807) is 49.7 Å². The molecule has 2 amide bonds. The lowest BCUT2D eigenvalue weighted by atomic mass is 10.2. The van der Waals surface area contributed by atoms with Gasteiger partial charge in [-0.15, -0.1) is 0 Å². The number of carbonyl (C=O) groups excluding carboxylic acids is 2. The van der Waals surface area contributed by atoms with Crippen LogP contribution in [-0.4, -0.2) is 31.0 Å². The Hall–Kier alpha value is -4.13. The van der Waals surface area contributed by atoms with Crippen molar-refractivity contribution < 1.29 is 19.1 Å². The Bertz CT molecular complexity index is 1070. The number of aromatic nitrogens is 1. The predicted octanol–water partition coefficient (Wildman–Crippen LogP) is 4.00.